The Balaban J connectivity index is 1.46. The molecule has 0 spiro atoms. The molecule has 1 aromatic carbocycles. The van der Waals surface area contributed by atoms with Crippen LogP contribution in [0, 0.1) is 12.3 Å². The Hall–Kier alpha value is -1.39. The molecule has 2 aliphatic heterocycles. The Morgan fingerprint density at radius 3 is 2.48 bits per heavy atom. The zero-order valence-corrected chi connectivity index (χ0v) is 14.5. The van der Waals surface area contributed by atoms with Crippen molar-refractivity contribution in [2.75, 3.05) is 45.8 Å². The van der Waals surface area contributed by atoms with Crippen LogP contribution in [-0.2, 0) is 11.2 Å². The minimum Gasteiger partial charge on any atom is -0.340 e. The molecule has 2 aliphatic rings. The average molecular weight is 315 g/mol. The van der Waals surface area contributed by atoms with Crippen molar-refractivity contribution in [3.05, 3.63) is 35.4 Å². The summed E-state index contributed by atoms with van der Waals surface area (Å²) in [4.78, 5) is 17.0. The van der Waals surface area contributed by atoms with Gasteiger partial charge in [0.2, 0.25) is 5.91 Å². The highest BCUT2D eigenvalue weighted by Gasteiger charge is 2.32. The smallest absolute Gasteiger partial charge is 0.227 e. The van der Waals surface area contributed by atoms with Gasteiger partial charge in [0.1, 0.15) is 0 Å². The van der Waals surface area contributed by atoms with Crippen LogP contribution in [0.4, 0.5) is 0 Å². The summed E-state index contributed by atoms with van der Waals surface area (Å²) in [6, 6.07) is 8.29. The number of hydrogen-bond acceptors (Lipinski definition) is 3. The van der Waals surface area contributed by atoms with Gasteiger partial charge in [-0.1, -0.05) is 36.8 Å². The van der Waals surface area contributed by atoms with E-state index in [-0.39, 0.29) is 5.91 Å². The first-order chi connectivity index (χ1) is 11.0. The number of carbonyl (C=O) groups is 1. The van der Waals surface area contributed by atoms with Gasteiger partial charge in [-0.3, -0.25) is 9.69 Å². The summed E-state index contributed by atoms with van der Waals surface area (Å²) in [6.45, 7) is 11.6. The number of amides is 1. The van der Waals surface area contributed by atoms with E-state index in [2.05, 4.69) is 48.3 Å². The van der Waals surface area contributed by atoms with Gasteiger partial charge in [-0.15, -0.1) is 0 Å². The van der Waals surface area contributed by atoms with Gasteiger partial charge >= 0.3 is 0 Å². The Morgan fingerprint density at radius 1 is 1.17 bits per heavy atom. The third-order valence-electron chi connectivity index (χ3n) is 5.26. The van der Waals surface area contributed by atoms with E-state index < -0.39 is 0 Å². The van der Waals surface area contributed by atoms with Crippen LogP contribution in [0.1, 0.15) is 24.5 Å². The van der Waals surface area contributed by atoms with Gasteiger partial charge in [0, 0.05) is 39.3 Å². The van der Waals surface area contributed by atoms with Crippen LogP contribution < -0.4 is 5.32 Å². The lowest BCUT2D eigenvalue weighted by Gasteiger charge is -2.38. The summed E-state index contributed by atoms with van der Waals surface area (Å²) in [7, 11) is 0. The number of rotatable bonds is 4. The molecule has 1 atom stereocenters. The molecule has 3 rings (SSSR count). The Morgan fingerprint density at radius 2 is 1.87 bits per heavy atom. The third kappa shape index (κ3) is 4.33. The first kappa shape index (κ1) is 16.5. The first-order valence-electron chi connectivity index (χ1n) is 8.81. The Bertz CT molecular complexity index is 526. The molecule has 1 N–H and O–H groups in total. The number of hydrogen-bond donors (Lipinski definition) is 1. The van der Waals surface area contributed by atoms with Crippen molar-refractivity contribution < 1.29 is 4.79 Å². The molecule has 2 fully saturated rings. The largest absolute Gasteiger partial charge is 0.340 e. The van der Waals surface area contributed by atoms with Crippen LogP contribution in [0.5, 0.6) is 0 Å². The number of piperazine rings is 1. The van der Waals surface area contributed by atoms with E-state index in [1.165, 1.54) is 12.0 Å². The second kappa shape index (κ2) is 7.02. The molecule has 0 saturated carbocycles. The van der Waals surface area contributed by atoms with Crippen LogP contribution >= 0.6 is 0 Å². The lowest BCUT2D eigenvalue weighted by atomic mass is 9.89. The molecular formula is C19H29N3O. The highest BCUT2D eigenvalue weighted by atomic mass is 16.2. The molecule has 0 bridgehead atoms. The van der Waals surface area contributed by atoms with Crippen molar-refractivity contribution in [1.29, 1.82) is 0 Å². The van der Waals surface area contributed by atoms with Crippen molar-refractivity contribution >= 4 is 5.91 Å². The fourth-order valence-electron chi connectivity index (χ4n) is 3.69. The van der Waals surface area contributed by atoms with E-state index >= 15 is 0 Å². The summed E-state index contributed by atoms with van der Waals surface area (Å²) in [6.07, 6.45) is 1.79. The normalized spacial score (nSPS) is 25.7. The van der Waals surface area contributed by atoms with Gasteiger partial charge < -0.3 is 10.2 Å². The molecule has 2 heterocycles. The van der Waals surface area contributed by atoms with Crippen LogP contribution in [0.25, 0.3) is 0 Å². The van der Waals surface area contributed by atoms with E-state index in [4.69, 9.17) is 0 Å². The van der Waals surface area contributed by atoms with E-state index in [0.29, 0.717) is 11.8 Å². The molecule has 4 nitrogen and oxygen atoms in total. The molecule has 1 unspecified atom stereocenters. The zero-order valence-electron chi connectivity index (χ0n) is 14.5. The summed E-state index contributed by atoms with van der Waals surface area (Å²) in [5.74, 6) is 0.266. The van der Waals surface area contributed by atoms with Crippen LogP contribution in [0.3, 0.4) is 0 Å². The molecule has 23 heavy (non-hydrogen) atoms. The molecule has 1 amide bonds. The van der Waals surface area contributed by atoms with Gasteiger partial charge in [-0.2, -0.15) is 0 Å². The van der Waals surface area contributed by atoms with E-state index in [1.54, 1.807) is 0 Å². The summed E-state index contributed by atoms with van der Waals surface area (Å²) in [5.41, 5.74) is 2.77. The highest BCUT2D eigenvalue weighted by molar-refractivity contribution is 5.78. The van der Waals surface area contributed by atoms with E-state index in [0.717, 1.165) is 51.4 Å². The molecule has 4 heteroatoms. The summed E-state index contributed by atoms with van der Waals surface area (Å²) in [5, 5.41) is 3.47. The molecular weight excluding hydrogens is 286 g/mol. The maximum Gasteiger partial charge on any atom is 0.227 e. The molecule has 0 aromatic heterocycles. The first-order valence-corrected chi connectivity index (χ1v) is 8.81. The van der Waals surface area contributed by atoms with Gasteiger partial charge in [0.05, 0.1) is 6.42 Å². The van der Waals surface area contributed by atoms with Crippen molar-refractivity contribution in [3.63, 3.8) is 0 Å². The fraction of sp³-hybridized carbons (Fsp3) is 0.632. The predicted octanol–water partition coefficient (Wildman–Crippen LogP) is 1.68. The Labute approximate surface area is 139 Å². The van der Waals surface area contributed by atoms with Gasteiger partial charge in [0.25, 0.3) is 0 Å². The van der Waals surface area contributed by atoms with Crippen LogP contribution in [0.2, 0.25) is 0 Å². The summed E-state index contributed by atoms with van der Waals surface area (Å²) < 4.78 is 0. The predicted molar refractivity (Wildman–Crippen MR) is 93.5 cm³/mol. The van der Waals surface area contributed by atoms with Gasteiger partial charge in [0.15, 0.2) is 0 Å². The van der Waals surface area contributed by atoms with Crippen LogP contribution in [-0.4, -0.2) is 61.5 Å². The van der Waals surface area contributed by atoms with Crippen molar-refractivity contribution in [3.8, 4) is 0 Å². The Kier molecular flexibility index (Phi) is 5.02. The van der Waals surface area contributed by atoms with E-state index in [9.17, 15) is 4.79 Å². The van der Waals surface area contributed by atoms with Gasteiger partial charge in [-0.05, 0) is 30.9 Å². The summed E-state index contributed by atoms with van der Waals surface area (Å²) >= 11 is 0. The monoisotopic (exact) mass is 315 g/mol. The van der Waals surface area contributed by atoms with Crippen molar-refractivity contribution in [2.45, 2.75) is 26.7 Å². The van der Waals surface area contributed by atoms with Gasteiger partial charge in [-0.25, -0.2) is 0 Å². The molecule has 126 valence electrons. The molecule has 1 aromatic rings. The lowest BCUT2D eigenvalue weighted by Crippen LogP contribution is -2.51. The maximum atomic E-state index is 12.5. The number of benzene rings is 1. The highest BCUT2D eigenvalue weighted by Crippen LogP contribution is 2.26. The maximum absolute atomic E-state index is 12.5. The number of nitrogens with zero attached hydrogens (tertiary/aromatic N) is 2. The molecule has 0 radical (unpaired) electrons. The number of nitrogens with one attached hydrogen (secondary N) is 1. The third-order valence-corrected chi connectivity index (χ3v) is 5.26. The van der Waals surface area contributed by atoms with Crippen molar-refractivity contribution in [2.24, 2.45) is 5.41 Å². The fourth-order valence-corrected chi connectivity index (χ4v) is 3.69. The topological polar surface area (TPSA) is 35.6 Å². The minimum atomic E-state index is 0.266. The second-order valence-corrected chi connectivity index (χ2v) is 7.56. The lowest BCUT2D eigenvalue weighted by molar-refractivity contribution is -0.132. The average Bonchev–Trinajstić information content (AvgIpc) is 2.96. The zero-order chi connectivity index (χ0) is 16.3. The standard InChI is InChI=1S/C19H29N3O/c1-16-3-5-17(6-4-16)13-18(23)22-11-9-21(10-12-22)15-19(2)7-8-20-14-19/h3-6,20H,7-15H2,1-2H3. The van der Waals surface area contributed by atoms with E-state index in [1.807, 2.05) is 4.90 Å². The molecule has 2 saturated heterocycles. The minimum absolute atomic E-state index is 0.266. The SMILES string of the molecule is Cc1ccc(CC(=O)N2CCN(CC3(C)CCNC3)CC2)cc1. The quantitative estimate of drug-likeness (QED) is 0.918. The molecule has 0 aliphatic carbocycles. The van der Waals surface area contributed by atoms with Crippen LogP contribution in [0.15, 0.2) is 24.3 Å². The number of aryl methyl sites for hydroxylation is 1. The second-order valence-electron chi connectivity index (χ2n) is 7.56. The number of carbonyl (C=O) groups excluding carboxylic acids is 1. The van der Waals surface area contributed by atoms with Crippen molar-refractivity contribution in [1.82, 2.24) is 15.1 Å².